The second-order valence-electron chi connectivity index (χ2n) is 3.69. The van der Waals surface area contributed by atoms with Crippen molar-refractivity contribution in [2.45, 2.75) is 18.0 Å². The Morgan fingerprint density at radius 3 is 1.95 bits per heavy atom. The number of carbonyl (C=O) groups is 1. The molecule has 21 heavy (non-hydrogen) atoms. The smallest absolute Gasteiger partial charge is 0.262 e. The Bertz CT molecular complexity index is 574. The Labute approximate surface area is 112 Å². The second kappa shape index (κ2) is 5.19. The van der Waals surface area contributed by atoms with Gasteiger partial charge in [-0.15, -0.1) is 5.43 Å². The summed E-state index contributed by atoms with van der Waals surface area (Å²) < 4.78 is 87.2. The van der Waals surface area contributed by atoms with E-state index in [1.54, 1.807) is 6.07 Å². The van der Waals surface area contributed by atoms with E-state index in [2.05, 4.69) is 0 Å². The first kappa shape index (κ1) is 16.7. The van der Waals surface area contributed by atoms with E-state index in [0.29, 0.717) is 4.68 Å². The molecule has 4 nitrogen and oxygen atoms in total. The number of halogens is 7. The van der Waals surface area contributed by atoms with Crippen LogP contribution in [0.4, 0.5) is 30.7 Å². The van der Waals surface area contributed by atoms with Crippen LogP contribution in [-0.4, -0.2) is 23.9 Å². The van der Waals surface area contributed by atoms with Crippen molar-refractivity contribution in [1.29, 1.82) is 5.26 Å². The summed E-state index contributed by atoms with van der Waals surface area (Å²) in [5, 5.41) is 8.45. The molecule has 0 aliphatic heterocycles. The third kappa shape index (κ3) is 3.04. The van der Waals surface area contributed by atoms with Crippen LogP contribution < -0.4 is 10.1 Å². The Hall–Kier alpha value is -2.38. The van der Waals surface area contributed by atoms with Gasteiger partial charge in [-0.3, -0.25) is 4.79 Å². The lowest BCUT2D eigenvalue weighted by Gasteiger charge is -2.25. The summed E-state index contributed by atoms with van der Waals surface area (Å²) in [5.41, 5.74) is 1.20. The molecule has 0 unspecified atom stereocenters. The Balaban J connectivity index is 2.99. The molecule has 114 valence electrons. The van der Waals surface area contributed by atoms with E-state index in [9.17, 15) is 35.5 Å². The number of nitrogens with one attached hydrogen (secondary N) is 1. The number of nitriles is 1. The number of pyridine rings is 1. The fourth-order valence-corrected chi connectivity index (χ4v) is 1.08. The zero-order valence-electron chi connectivity index (χ0n) is 9.76. The average Bonchev–Trinajstić information content (AvgIpc) is 2.38. The van der Waals surface area contributed by atoms with Crippen LogP contribution in [0.2, 0.25) is 0 Å². The van der Waals surface area contributed by atoms with Gasteiger partial charge in [0.25, 0.3) is 0 Å². The van der Waals surface area contributed by atoms with E-state index in [-0.39, 0.29) is 5.56 Å². The van der Waals surface area contributed by atoms with Gasteiger partial charge in [0.2, 0.25) is 12.4 Å². The topological polar surface area (TPSA) is 56.8 Å². The van der Waals surface area contributed by atoms with Gasteiger partial charge < -0.3 is 0 Å². The lowest BCUT2D eigenvalue weighted by molar-refractivity contribution is -0.643. The van der Waals surface area contributed by atoms with E-state index in [1.165, 1.54) is 0 Å². The normalized spacial score (nSPS) is 12.7. The quantitative estimate of drug-likeness (QED) is 0.682. The molecule has 1 N–H and O–H groups in total. The first-order valence-corrected chi connectivity index (χ1v) is 4.98. The van der Waals surface area contributed by atoms with Crippen molar-refractivity contribution in [3.8, 4) is 6.07 Å². The molecular formula is C10H5F7N3O+. The van der Waals surface area contributed by atoms with E-state index in [4.69, 9.17) is 5.26 Å². The lowest BCUT2D eigenvalue weighted by Crippen LogP contribution is -2.62. The minimum Gasteiger partial charge on any atom is -0.262 e. The van der Waals surface area contributed by atoms with Gasteiger partial charge in [-0.1, -0.05) is 4.68 Å². The zero-order valence-corrected chi connectivity index (χ0v) is 9.76. The van der Waals surface area contributed by atoms with Gasteiger partial charge >= 0.3 is 23.9 Å². The molecule has 0 aromatic carbocycles. The number of amides is 1. The third-order valence-electron chi connectivity index (χ3n) is 2.22. The van der Waals surface area contributed by atoms with Crippen molar-refractivity contribution < 1.29 is 40.2 Å². The Morgan fingerprint density at radius 1 is 1.10 bits per heavy atom. The van der Waals surface area contributed by atoms with Gasteiger partial charge in [-0.2, -0.15) is 36.0 Å². The molecule has 1 heterocycles. The number of rotatable bonds is 3. The van der Waals surface area contributed by atoms with Crippen molar-refractivity contribution in [2.24, 2.45) is 0 Å². The van der Waals surface area contributed by atoms with Crippen LogP contribution in [0.25, 0.3) is 0 Å². The molecule has 0 spiro atoms. The van der Waals surface area contributed by atoms with E-state index < -0.39 is 23.9 Å². The number of nitrogens with zero attached hydrogens (tertiary/aromatic N) is 2. The summed E-state index contributed by atoms with van der Waals surface area (Å²) in [6.45, 7) is 0. The molecule has 0 fully saturated rings. The first-order chi connectivity index (χ1) is 9.43. The highest BCUT2D eigenvalue weighted by Crippen LogP contribution is 2.46. The molecule has 1 amide bonds. The van der Waals surface area contributed by atoms with Gasteiger partial charge in [0.1, 0.15) is 0 Å². The maximum atomic E-state index is 13.0. The lowest BCUT2D eigenvalue weighted by atomic mass is 10.1. The molecule has 0 bridgehead atoms. The van der Waals surface area contributed by atoms with Gasteiger partial charge in [0.05, 0.1) is 11.6 Å². The van der Waals surface area contributed by atoms with Crippen LogP contribution >= 0.6 is 0 Å². The second-order valence-corrected chi connectivity index (χ2v) is 3.69. The average molecular weight is 316 g/mol. The number of carbonyl (C=O) groups excluding carboxylic acids is 1. The minimum absolute atomic E-state index is 0.0490. The standard InChI is InChI=1S/C10H4F7N3O/c11-8(12,9(13,14)10(15,16)17)7(21)19-20-3-1-6(5-18)2-4-20/h1-4H/p+1. The third-order valence-corrected chi connectivity index (χ3v) is 2.22. The molecule has 0 atom stereocenters. The SMILES string of the molecule is N#Cc1cc[n+](NC(=O)C(F)(F)C(F)(F)C(F)(F)F)cc1. The van der Waals surface area contributed by atoms with Crippen LogP contribution in [0.1, 0.15) is 5.56 Å². The summed E-state index contributed by atoms with van der Waals surface area (Å²) in [6, 6.07) is 3.67. The monoisotopic (exact) mass is 316 g/mol. The molecule has 1 aromatic heterocycles. The summed E-state index contributed by atoms with van der Waals surface area (Å²) in [6.07, 6.45) is -4.96. The van der Waals surface area contributed by atoms with Crippen molar-refractivity contribution in [3.05, 3.63) is 30.1 Å². The summed E-state index contributed by atoms with van der Waals surface area (Å²) in [7, 11) is 0. The van der Waals surface area contributed by atoms with E-state index in [1.807, 2.05) is 0 Å². The van der Waals surface area contributed by atoms with Gasteiger partial charge in [-0.05, 0) is 0 Å². The molecule has 1 aromatic rings. The molecular weight excluding hydrogens is 311 g/mol. The summed E-state index contributed by atoms with van der Waals surface area (Å²) in [4.78, 5) is 11.0. The maximum absolute atomic E-state index is 13.0. The van der Waals surface area contributed by atoms with Crippen molar-refractivity contribution in [1.82, 2.24) is 0 Å². The highest BCUT2D eigenvalue weighted by Gasteiger charge is 2.77. The van der Waals surface area contributed by atoms with Crippen LogP contribution in [0.5, 0.6) is 0 Å². The highest BCUT2D eigenvalue weighted by atomic mass is 19.4. The molecule has 0 aliphatic rings. The van der Waals surface area contributed by atoms with Gasteiger partial charge in [0.15, 0.2) is 0 Å². The highest BCUT2D eigenvalue weighted by molar-refractivity contribution is 5.90. The van der Waals surface area contributed by atoms with Crippen molar-refractivity contribution >= 4 is 5.91 Å². The fourth-order valence-electron chi connectivity index (χ4n) is 1.08. The molecule has 0 saturated heterocycles. The van der Waals surface area contributed by atoms with Gasteiger partial charge in [0, 0.05) is 12.1 Å². The first-order valence-electron chi connectivity index (χ1n) is 4.98. The van der Waals surface area contributed by atoms with Crippen LogP contribution in [0, 0.1) is 11.3 Å². The number of alkyl halides is 7. The predicted octanol–water partition coefficient (Wildman–Crippen LogP) is 1.75. The molecule has 0 aliphatic carbocycles. The van der Waals surface area contributed by atoms with Crippen molar-refractivity contribution in [3.63, 3.8) is 0 Å². The summed E-state index contributed by atoms with van der Waals surface area (Å²) >= 11 is 0. The number of hydrogen-bond acceptors (Lipinski definition) is 2. The minimum atomic E-state index is -6.59. The molecule has 11 heteroatoms. The Kier molecular flexibility index (Phi) is 4.12. The number of hydrogen-bond donors (Lipinski definition) is 1. The molecule has 1 rings (SSSR count). The molecule has 0 radical (unpaired) electrons. The number of aromatic nitrogens is 1. The maximum Gasteiger partial charge on any atom is 0.460 e. The summed E-state index contributed by atoms with van der Waals surface area (Å²) in [5.74, 6) is -15.4. The molecule has 0 saturated carbocycles. The van der Waals surface area contributed by atoms with Crippen LogP contribution in [0.15, 0.2) is 24.5 Å². The van der Waals surface area contributed by atoms with E-state index in [0.717, 1.165) is 30.0 Å². The van der Waals surface area contributed by atoms with Gasteiger partial charge in [-0.25, -0.2) is 0 Å². The van der Waals surface area contributed by atoms with Crippen LogP contribution in [0.3, 0.4) is 0 Å². The predicted molar refractivity (Wildman–Crippen MR) is 51.7 cm³/mol. The largest absolute Gasteiger partial charge is 0.460 e. The Morgan fingerprint density at radius 2 is 1.57 bits per heavy atom. The van der Waals surface area contributed by atoms with Crippen molar-refractivity contribution in [2.75, 3.05) is 5.43 Å². The van der Waals surface area contributed by atoms with E-state index >= 15 is 0 Å². The zero-order chi connectivity index (χ0) is 16.5. The van der Waals surface area contributed by atoms with Crippen LogP contribution in [-0.2, 0) is 4.79 Å². The fraction of sp³-hybridized carbons (Fsp3) is 0.300.